The predicted molar refractivity (Wildman–Crippen MR) is 119 cm³/mol. The van der Waals surface area contributed by atoms with E-state index in [0.717, 1.165) is 5.56 Å². The molecule has 1 atom stereocenters. The minimum Gasteiger partial charge on any atom is -0.467 e. The number of alkyl carbamates (subject to hydrolysis) is 1. The number of esters is 2. The number of carbonyl (C=O) groups excluding carboxylic acids is 4. The first-order valence-electron chi connectivity index (χ1n) is 10.7. The fourth-order valence-corrected chi connectivity index (χ4v) is 3.37. The van der Waals surface area contributed by atoms with Gasteiger partial charge in [0.15, 0.2) is 6.61 Å². The molecule has 1 aliphatic rings. The van der Waals surface area contributed by atoms with E-state index in [-0.39, 0.29) is 12.5 Å². The first kappa shape index (κ1) is 25.7. The molecular weight excluding hydrogens is 428 g/mol. The van der Waals surface area contributed by atoms with E-state index < -0.39 is 29.7 Å². The Balaban J connectivity index is 1.87. The molecule has 2 rings (SSSR count). The van der Waals surface area contributed by atoms with Crippen molar-refractivity contribution in [2.45, 2.75) is 58.2 Å². The lowest BCUT2D eigenvalue weighted by Gasteiger charge is -2.23. The Labute approximate surface area is 193 Å². The number of methoxy groups -OCH3 is 1. The van der Waals surface area contributed by atoms with E-state index in [1.807, 2.05) is 0 Å². The lowest BCUT2D eigenvalue weighted by atomic mass is 10.1. The zero-order valence-corrected chi connectivity index (χ0v) is 19.4. The van der Waals surface area contributed by atoms with Crippen LogP contribution in [0.3, 0.4) is 0 Å². The van der Waals surface area contributed by atoms with Crippen LogP contribution in [0.25, 0.3) is 0 Å². The molecule has 9 nitrogen and oxygen atoms in total. The highest BCUT2D eigenvalue weighted by Gasteiger charge is 2.29. The van der Waals surface area contributed by atoms with Gasteiger partial charge in [0.05, 0.1) is 12.7 Å². The molecule has 0 bridgehead atoms. The van der Waals surface area contributed by atoms with Crippen LogP contribution < -0.4 is 5.32 Å². The summed E-state index contributed by atoms with van der Waals surface area (Å²) < 4.78 is 14.9. The first-order chi connectivity index (χ1) is 15.6. The molecule has 0 aromatic heterocycles. The van der Waals surface area contributed by atoms with Crippen molar-refractivity contribution in [3.8, 4) is 12.3 Å². The Bertz CT molecular complexity index is 943. The second-order valence-electron chi connectivity index (χ2n) is 8.60. The fourth-order valence-electron chi connectivity index (χ4n) is 3.37. The second-order valence-corrected chi connectivity index (χ2v) is 8.60. The second kappa shape index (κ2) is 11.4. The van der Waals surface area contributed by atoms with Crippen LogP contribution in [0.2, 0.25) is 0 Å². The van der Waals surface area contributed by atoms with Crippen LogP contribution in [0.5, 0.6) is 0 Å². The molecular formula is C24H30N2O7. The van der Waals surface area contributed by atoms with Gasteiger partial charge in [-0.15, -0.1) is 6.42 Å². The van der Waals surface area contributed by atoms with Crippen molar-refractivity contribution < 1.29 is 33.4 Å². The number of rotatable bonds is 9. The van der Waals surface area contributed by atoms with E-state index in [2.05, 4.69) is 11.2 Å². The van der Waals surface area contributed by atoms with Gasteiger partial charge in [-0.1, -0.05) is 5.92 Å². The van der Waals surface area contributed by atoms with Gasteiger partial charge in [-0.05, 0) is 63.8 Å². The Kier molecular flexibility index (Phi) is 8.85. The molecule has 0 unspecified atom stereocenters. The molecule has 1 heterocycles. The van der Waals surface area contributed by atoms with Gasteiger partial charge >= 0.3 is 18.0 Å². The van der Waals surface area contributed by atoms with Crippen molar-refractivity contribution in [2.75, 3.05) is 20.3 Å². The molecule has 0 radical (unpaired) electrons. The average Bonchev–Trinajstić information content (AvgIpc) is 3.07. The van der Waals surface area contributed by atoms with Gasteiger partial charge in [0.1, 0.15) is 11.6 Å². The standard InChI is InChI=1S/C24H30N2O7/c1-6-13-32-21(28)16-10-11-18-17(14-16)15-26(20(18)27)12-8-7-9-19(22(29)31-5)25-23(30)33-24(2,3)4/h1,10-11,14,19H,7-9,12-13,15H2,2-5H3,(H,25,30)/t19-/m0/s1. The Hall–Kier alpha value is -3.54. The van der Waals surface area contributed by atoms with Gasteiger partial charge in [-0.25, -0.2) is 14.4 Å². The van der Waals surface area contributed by atoms with Gasteiger partial charge < -0.3 is 24.4 Å². The molecule has 0 saturated heterocycles. The molecule has 0 aliphatic carbocycles. The van der Waals surface area contributed by atoms with Gasteiger partial charge in [-0.2, -0.15) is 0 Å². The largest absolute Gasteiger partial charge is 0.467 e. The van der Waals surface area contributed by atoms with Crippen LogP contribution >= 0.6 is 0 Å². The number of hydrogen-bond donors (Lipinski definition) is 1. The number of nitrogens with zero attached hydrogens (tertiary/aromatic N) is 1. The smallest absolute Gasteiger partial charge is 0.408 e. The summed E-state index contributed by atoms with van der Waals surface area (Å²) in [6.07, 6.45) is 5.92. The molecule has 1 aromatic carbocycles. The number of hydrogen-bond acceptors (Lipinski definition) is 7. The maximum absolute atomic E-state index is 12.6. The highest BCUT2D eigenvalue weighted by molar-refractivity contribution is 6.00. The van der Waals surface area contributed by atoms with Crippen molar-refractivity contribution in [2.24, 2.45) is 0 Å². The lowest BCUT2D eigenvalue weighted by Crippen LogP contribution is -2.44. The number of carbonyl (C=O) groups is 4. The molecule has 0 saturated carbocycles. The number of fused-ring (bicyclic) bond motifs is 1. The summed E-state index contributed by atoms with van der Waals surface area (Å²) in [4.78, 5) is 50.3. The van der Waals surface area contributed by atoms with Crippen molar-refractivity contribution in [1.29, 1.82) is 0 Å². The van der Waals surface area contributed by atoms with E-state index in [4.69, 9.17) is 20.6 Å². The predicted octanol–water partition coefficient (Wildman–Crippen LogP) is 2.67. The maximum Gasteiger partial charge on any atom is 0.408 e. The summed E-state index contributed by atoms with van der Waals surface area (Å²) in [5.41, 5.74) is 0.942. The number of benzene rings is 1. The summed E-state index contributed by atoms with van der Waals surface area (Å²) in [6, 6.07) is 3.96. The number of amides is 2. The maximum atomic E-state index is 12.6. The molecule has 1 aliphatic heterocycles. The van der Waals surface area contributed by atoms with E-state index in [9.17, 15) is 19.2 Å². The van der Waals surface area contributed by atoms with Gasteiger partial charge in [0.25, 0.3) is 5.91 Å². The SMILES string of the molecule is C#CCOC(=O)c1ccc2c(c1)CN(CCCC[C@H](NC(=O)OC(C)(C)C)C(=O)OC)C2=O. The summed E-state index contributed by atoms with van der Waals surface area (Å²) >= 11 is 0. The van der Waals surface area contributed by atoms with Crippen LogP contribution in [-0.4, -0.2) is 60.7 Å². The van der Waals surface area contributed by atoms with Crippen LogP contribution in [0.1, 0.15) is 66.3 Å². The number of nitrogens with one attached hydrogen (secondary N) is 1. The van der Waals surface area contributed by atoms with Crippen molar-refractivity contribution in [1.82, 2.24) is 10.2 Å². The molecule has 2 amide bonds. The van der Waals surface area contributed by atoms with E-state index in [1.165, 1.54) is 7.11 Å². The molecule has 178 valence electrons. The van der Waals surface area contributed by atoms with Gasteiger partial charge in [0, 0.05) is 18.7 Å². The molecule has 0 spiro atoms. The minimum absolute atomic E-state index is 0.115. The fraction of sp³-hybridized carbons (Fsp3) is 0.500. The summed E-state index contributed by atoms with van der Waals surface area (Å²) in [6.45, 7) is 5.91. The summed E-state index contributed by atoms with van der Waals surface area (Å²) in [5.74, 6) is 1.02. The van der Waals surface area contributed by atoms with Crippen LogP contribution in [0, 0.1) is 12.3 Å². The highest BCUT2D eigenvalue weighted by Crippen LogP contribution is 2.25. The first-order valence-corrected chi connectivity index (χ1v) is 10.7. The normalized spacial score (nSPS) is 13.5. The molecule has 1 N–H and O–H groups in total. The van der Waals surface area contributed by atoms with Gasteiger partial charge in [-0.3, -0.25) is 4.79 Å². The highest BCUT2D eigenvalue weighted by atomic mass is 16.6. The average molecular weight is 459 g/mol. The Morgan fingerprint density at radius 2 is 1.97 bits per heavy atom. The van der Waals surface area contributed by atoms with E-state index >= 15 is 0 Å². The zero-order valence-electron chi connectivity index (χ0n) is 19.4. The summed E-state index contributed by atoms with van der Waals surface area (Å²) in [5, 5.41) is 2.53. The van der Waals surface area contributed by atoms with Crippen LogP contribution in [0.4, 0.5) is 4.79 Å². The van der Waals surface area contributed by atoms with E-state index in [1.54, 1.807) is 43.9 Å². The van der Waals surface area contributed by atoms with Crippen molar-refractivity contribution in [3.63, 3.8) is 0 Å². The van der Waals surface area contributed by atoms with Crippen LogP contribution in [0.15, 0.2) is 18.2 Å². The number of terminal acetylenes is 1. The van der Waals surface area contributed by atoms with Crippen molar-refractivity contribution in [3.05, 3.63) is 34.9 Å². The van der Waals surface area contributed by atoms with Crippen molar-refractivity contribution >= 4 is 23.9 Å². The monoisotopic (exact) mass is 458 g/mol. The lowest BCUT2D eigenvalue weighted by molar-refractivity contribution is -0.143. The zero-order chi connectivity index (χ0) is 24.6. The van der Waals surface area contributed by atoms with Crippen LogP contribution in [-0.2, 0) is 25.5 Å². The third-order valence-corrected chi connectivity index (χ3v) is 4.85. The molecule has 9 heteroatoms. The Morgan fingerprint density at radius 1 is 1.24 bits per heavy atom. The minimum atomic E-state index is -0.840. The topological polar surface area (TPSA) is 111 Å². The summed E-state index contributed by atoms with van der Waals surface area (Å²) in [7, 11) is 1.25. The third kappa shape index (κ3) is 7.52. The number of ether oxygens (including phenoxy) is 3. The molecule has 0 fully saturated rings. The molecule has 33 heavy (non-hydrogen) atoms. The quantitative estimate of drug-likeness (QED) is 0.262. The van der Waals surface area contributed by atoms with E-state index in [0.29, 0.717) is 43.5 Å². The number of unbranched alkanes of at least 4 members (excludes halogenated alkanes) is 1. The van der Waals surface area contributed by atoms with Gasteiger partial charge in [0.2, 0.25) is 0 Å². The molecule has 1 aromatic rings. The Morgan fingerprint density at radius 3 is 2.61 bits per heavy atom. The third-order valence-electron chi connectivity index (χ3n) is 4.85.